The summed E-state index contributed by atoms with van der Waals surface area (Å²) in [5.41, 5.74) is 1.24. The van der Waals surface area contributed by atoms with Gasteiger partial charge in [-0.05, 0) is 61.4 Å². The number of amides is 4. The summed E-state index contributed by atoms with van der Waals surface area (Å²) >= 11 is 0. The number of carbonyl (C=O) groups is 4. The number of rotatable bonds is 6. The van der Waals surface area contributed by atoms with Gasteiger partial charge in [-0.15, -0.1) is 0 Å². The summed E-state index contributed by atoms with van der Waals surface area (Å²) in [5.74, 6) is -1.09. The Kier molecular flexibility index (Phi) is 5.63. The molecule has 8 nitrogen and oxygen atoms in total. The molecule has 2 aromatic rings. The van der Waals surface area contributed by atoms with E-state index in [-0.39, 0.29) is 23.6 Å². The number of carbonyl (C=O) groups excluding carboxylic acids is 4. The predicted molar refractivity (Wildman–Crippen MR) is 110 cm³/mol. The van der Waals surface area contributed by atoms with Crippen molar-refractivity contribution < 1.29 is 19.2 Å². The first-order valence-electron chi connectivity index (χ1n) is 9.17. The predicted octanol–water partition coefficient (Wildman–Crippen LogP) is 2.96. The SMILES string of the molecule is CC(=O)Nc1ccc(NC(=O)C2(C(=O)Nc3ccc(NC(C)=O)cc3)CC2)cc1. The van der Waals surface area contributed by atoms with Gasteiger partial charge in [0.2, 0.25) is 23.6 Å². The van der Waals surface area contributed by atoms with Crippen LogP contribution in [0.25, 0.3) is 0 Å². The summed E-state index contributed by atoms with van der Waals surface area (Å²) in [7, 11) is 0. The Balaban J connectivity index is 1.61. The van der Waals surface area contributed by atoms with E-state index in [0.29, 0.717) is 35.6 Å². The summed E-state index contributed by atoms with van der Waals surface area (Å²) in [6.07, 6.45) is 0.942. The van der Waals surface area contributed by atoms with Crippen molar-refractivity contribution in [2.75, 3.05) is 21.3 Å². The topological polar surface area (TPSA) is 116 Å². The van der Waals surface area contributed by atoms with Gasteiger partial charge in [-0.1, -0.05) is 0 Å². The van der Waals surface area contributed by atoms with Gasteiger partial charge >= 0.3 is 0 Å². The van der Waals surface area contributed by atoms with Gasteiger partial charge in [0, 0.05) is 36.6 Å². The van der Waals surface area contributed by atoms with Gasteiger partial charge < -0.3 is 21.3 Å². The van der Waals surface area contributed by atoms with Crippen molar-refractivity contribution in [1.82, 2.24) is 0 Å². The lowest BCUT2D eigenvalue weighted by molar-refractivity contribution is -0.131. The highest BCUT2D eigenvalue weighted by atomic mass is 16.2. The van der Waals surface area contributed by atoms with Crippen molar-refractivity contribution in [1.29, 1.82) is 0 Å². The minimum atomic E-state index is -1.09. The summed E-state index contributed by atoms with van der Waals surface area (Å²) in [4.78, 5) is 47.5. The maximum Gasteiger partial charge on any atom is 0.240 e. The normalized spacial score (nSPS) is 13.7. The smallest absolute Gasteiger partial charge is 0.240 e. The molecule has 150 valence electrons. The molecule has 0 aliphatic heterocycles. The maximum absolute atomic E-state index is 12.7. The maximum atomic E-state index is 12.7. The second kappa shape index (κ2) is 8.14. The fourth-order valence-corrected chi connectivity index (χ4v) is 2.86. The molecule has 4 N–H and O–H groups in total. The van der Waals surface area contributed by atoms with Crippen LogP contribution in [0, 0.1) is 5.41 Å². The molecular formula is C21H22N4O4. The molecule has 1 saturated carbocycles. The van der Waals surface area contributed by atoms with Crippen LogP contribution in [-0.2, 0) is 19.2 Å². The standard InChI is InChI=1S/C21H22N4O4/c1-13(26)22-15-3-7-17(8-4-15)24-19(28)21(11-12-21)20(29)25-18-9-5-16(6-10-18)23-14(2)27/h3-10H,11-12H2,1-2H3,(H,22,26)(H,23,27)(H,24,28)(H,25,29). The van der Waals surface area contributed by atoms with E-state index in [1.54, 1.807) is 48.5 Å². The Morgan fingerprint density at radius 3 is 1.10 bits per heavy atom. The third kappa shape index (κ3) is 4.98. The van der Waals surface area contributed by atoms with Crippen molar-refractivity contribution in [2.45, 2.75) is 26.7 Å². The van der Waals surface area contributed by atoms with Crippen LogP contribution in [-0.4, -0.2) is 23.6 Å². The fraction of sp³-hybridized carbons (Fsp3) is 0.238. The summed E-state index contributed by atoms with van der Waals surface area (Å²) in [6, 6.07) is 13.4. The van der Waals surface area contributed by atoms with Gasteiger partial charge in [-0.2, -0.15) is 0 Å². The zero-order valence-corrected chi connectivity index (χ0v) is 16.2. The minimum absolute atomic E-state index is 0.180. The fourth-order valence-electron chi connectivity index (χ4n) is 2.86. The third-order valence-electron chi connectivity index (χ3n) is 4.55. The summed E-state index contributed by atoms with van der Waals surface area (Å²) < 4.78 is 0. The molecule has 1 aliphatic carbocycles. The van der Waals surface area contributed by atoms with E-state index in [9.17, 15) is 19.2 Å². The van der Waals surface area contributed by atoms with Crippen LogP contribution < -0.4 is 21.3 Å². The van der Waals surface area contributed by atoms with Crippen LogP contribution in [0.4, 0.5) is 22.7 Å². The van der Waals surface area contributed by atoms with Gasteiger partial charge in [0.15, 0.2) is 0 Å². The van der Waals surface area contributed by atoms with E-state index in [1.807, 2.05) is 0 Å². The first-order chi connectivity index (χ1) is 13.8. The number of benzene rings is 2. The largest absolute Gasteiger partial charge is 0.326 e. The van der Waals surface area contributed by atoms with Crippen LogP contribution in [0.2, 0.25) is 0 Å². The van der Waals surface area contributed by atoms with Crippen molar-refractivity contribution in [3.63, 3.8) is 0 Å². The summed E-state index contributed by atoms with van der Waals surface area (Å²) in [5, 5.41) is 10.8. The monoisotopic (exact) mass is 394 g/mol. The number of hydrogen-bond donors (Lipinski definition) is 4. The van der Waals surface area contributed by atoms with E-state index in [0.717, 1.165) is 0 Å². The first-order valence-corrected chi connectivity index (χ1v) is 9.17. The van der Waals surface area contributed by atoms with E-state index in [2.05, 4.69) is 21.3 Å². The van der Waals surface area contributed by atoms with Gasteiger partial charge in [-0.25, -0.2) is 0 Å². The van der Waals surface area contributed by atoms with E-state index < -0.39 is 5.41 Å². The molecule has 2 aromatic carbocycles. The highest BCUT2D eigenvalue weighted by Gasteiger charge is 2.56. The zero-order chi connectivity index (χ0) is 21.0. The van der Waals surface area contributed by atoms with Crippen molar-refractivity contribution in [3.05, 3.63) is 48.5 Å². The molecule has 0 spiro atoms. The molecule has 8 heteroatoms. The van der Waals surface area contributed by atoms with Crippen LogP contribution >= 0.6 is 0 Å². The molecule has 4 amide bonds. The highest BCUT2D eigenvalue weighted by molar-refractivity contribution is 6.17. The molecule has 0 unspecified atom stereocenters. The van der Waals surface area contributed by atoms with Gasteiger partial charge in [0.25, 0.3) is 0 Å². The molecule has 0 atom stereocenters. The molecular weight excluding hydrogens is 372 g/mol. The Hall–Kier alpha value is -3.68. The zero-order valence-electron chi connectivity index (χ0n) is 16.2. The lowest BCUT2D eigenvalue weighted by atomic mass is 10.0. The number of nitrogens with one attached hydrogen (secondary N) is 4. The molecule has 29 heavy (non-hydrogen) atoms. The minimum Gasteiger partial charge on any atom is -0.326 e. The van der Waals surface area contributed by atoms with Gasteiger partial charge in [-0.3, -0.25) is 19.2 Å². The average Bonchev–Trinajstić information content (AvgIpc) is 3.46. The molecule has 1 fully saturated rings. The Morgan fingerprint density at radius 1 is 0.586 bits per heavy atom. The van der Waals surface area contributed by atoms with Crippen LogP contribution in [0.5, 0.6) is 0 Å². The molecule has 3 rings (SSSR count). The number of anilines is 4. The average molecular weight is 394 g/mol. The summed E-state index contributed by atoms with van der Waals surface area (Å²) in [6.45, 7) is 2.83. The van der Waals surface area contributed by atoms with Crippen molar-refractivity contribution in [3.8, 4) is 0 Å². The molecule has 0 saturated heterocycles. The Morgan fingerprint density at radius 2 is 0.862 bits per heavy atom. The third-order valence-corrected chi connectivity index (χ3v) is 4.55. The molecule has 0 bridgehead atoms. The molecule has 0 radical (unpaired) electrons. The van der Waals surface area contributed by atoms with Crippen LogP contribution in [0.1, 0.15) is 26.7 Å². The second-order valence-corrected chi connectivity index (χ2v) is 7.01. The molecule has 1 aliphatic rings. The Labute approximate surface area is 168 Å². The number of hydrogen-bond acceptors (Lipinski definition) is 4. The van der Waals surface area contributed by atoms with Crippen molar-refractivity contribution in [2.24, 2.45) is 5.41 Å². The first kappa shape index (κ1) is 20.1. The van der Waals surface area contributed by atoms with Crippen molar-refractivity contribution >= 4 is 46.4 Å². The van der Waals surface area contributed by atoms with Gasteiger partial charge in [0.05, 0.1) is 0 Å². The van der Waals surface area contributed by atoms with E-state index >= 15 is 0 Å². The van der Waals surface area contributed by atoms with E-state index in [1.165, 1.54) is 13.8 Å². The van der Waals surface area contributed by atoms with Gasteiger partial charge in [0.1, 0.15) is 5.41 Å². The quantitative estimate of drug-likeness (QED) is 0.564. The molecule has 0 heterocycles. The van der Waals surface area contributed by atoms with Crippen LogP contribution in [0.15, 0.2) is 48.5 Å². The lowest BCUT2D eigenvalue weighted by Crippen LogP contribution is -2.35. The van der Waals surface area contributed by atoms with Crippen LogP contribution in [0.3, 0.4) is 0 Å². The molecule has 0 aromatic heterocycles. The van der Waals surface area contributed by atoms with E-state index in [4.69, 9.17) is 0 Å². The highest BCUT2D eigenvalue weighted by Crippen LogP contribution is 2.47. The second-order valence-electron chi connectivity index (χ2n) is 7.01. The lowest BCUT2D eigenvalue weighted by Gasteiger charge is -2.16. The Bertz CT molecular complexity index is 872.